The molecule has 0 aromatic heterocycles. The van der Waals surface area contributed by atoms with E-state index in [1.165, 1.54) is 31.0 Å². The molecule has 0 aromatic rings. The standard InChI is InChI=1S/C10H15Br/c1-10(4-5-11)7-8-2-3-9(10)6-8/h2,9H,3-7H2,1H3. The van der Waals surface area contributed by atoms with Crippen molar-refractivity contribution in [3.63, 3.8) is 0 Å². The highest BCUT2D eigenvalue weighted by molar-refractivity contribution is 9.09. The molecule has 1 saturated carbocycles. The Kier molecular flexibility index (Phi) is 1.87. The van der Waals surface area contributed by atoms with Crippen LogP contribution in [0.1, 0.15) is 32.6 Å². The van der Waals surface area contributed by atoms with Crippen molar-refractivity contribution in [2.75, 3.05) is 5.33 Å². The van der Waals surface area contributed by atoms with Crippen LogP contribution < -0.4 is 0 Å². The van der Waals surface area contributed by atoms with Gasteiger partial charge < -0.3 is 0 Å². The monoisotopic (exact) mass is 214 g/mol. The SMILES string of the molecule is CC1(CCBr)CC2=CCC1C2. The largest absolute Gasteiger partial charge is 0.0928 e. The average molecular weight is 215 g/mol. The Morgan fingerprint density at radius 2 is 2.55 bits per heavy atom. The molecule has 0 aliphatic heterocycles. The highest BCUT2D eigenvalue weighted by atomic mass is 79.9. The molecule has 0 heterocycles. The van der Waals surface area contributed by atoms with Crippen LogP contribution in [0.3, 0.4) is 0 Å². The summed E-state index contributed by atoms with van der Waals surface area (Å²) in [6, 6.07) is 0. The number of hydrogen-bond donors (Lipinski definition) is 0. The minimum absolute atomic E-state index is 0.646. The fraction of sp³-hybridized carbons (Fsp3) is 0.800. The van der Waals surface area contributed by atoms with Gasteiger partial charge in [0.15, 0.2) is 0 Å². The van der Waals surface area contributed by atoms with Crippen LogP contribution in [-0.4, -0.2) is 5.33 Å². The number of rotatable bonds is 2. The van der Waals surface area contributed by atoms with E-state index in [9.17, 15) is 0 Å². The molecule has 2 aliphatic carbocycles. The molecule has 2 aliphatic rings. The van der Waals surface area contributed by atoms with E-state index in [0.717, 1.165) is 5.92 Å². The van der Waals surface area contributed by atoms with Crippen molar-refractivity contribution in [1.82, 2.24) is 0 Å². The van der Waals surface area contributed by atoms with Crippen LogP contribution in [0.4, 0.5) is 0 Å². The predicted octanol–water partition coefficient (Wildman–Crippen LogP) is 3.52. The molecule has 62 valence electrons. The second-order valence-electron chi connectivity index (χ2n) is 4.27. The molecule has 0 amide bonds. The maximum absolute atomic E-state index is 3.55. The van der Waals surface area contributed by atoms with Crippen LogP contribution in [0.2, 0.25) is 0 Å². The summed E-state index contributed by atoms with van der Waals surface area (Å²) in [5, 5.41) is 1.17. The molecule has 1 heteroatoms. The third-order valence-corrected chi connectivity index (χ3v) is 3.88. The summed E-state index contributed by atoms with van der Waals surface area (Å²) < 4.78 is 0. The van der Waals surface area contributed by atoms with Gasteiger partial charge in [-0.3, -0.25) is 0 Å². The van der Waals surface area contributed by atoms with Crippen molar-refractivity contribution in [2.24, 2.45) is 11.3 Å². The zero-order valence-corrected chi connectivity index (χ0v) is 8.65. The van der Waals surface area contributed by atoms with Crippen molar-refractivity contribution in [3.05, 3.63) is 11.6 Å². The molecular weight excluding hydrogens is 200 g/mol. The minimum atomic E-state index is 0.646. The number of allylic oxidation sites excluding steroid dienone is 2. The van der Waals surface area contributed by atoms with Gasteiger partial charge in [0.1, 0.15) is 0 Å². The summed E-state index contributed by atoms with van der Waals surface area (Å²) in [6.07, 6.45) is 7.96. The van der Waals surface area contributed by atoms with E-state index in [1.54, 1.807) is 5.57 Å². The molecule has 2 rings (SSSR count). The molecular formula is C10H15Br. The lowest BCUT2D eigenvalue weighted by atomic mass is 9.75. The minimum Gasteiger partial charge on any atom is -0.0928 e. The van der Waals surface area contributed by atoms with E-state index < -0.39 is 0 Å². The summed E-state index contributed by atoms with van der Waals surface area (Å²) in [7, 11) is 0. The third kappa shape index (κ3) is 1.18. The average Bonchev–Trinajstić information content (AvgIpc) is 2.45. The Morgan fingerprint density at radius 3 is 3.00 bits per heavy atom. The maximum Gasteiger partial charge on any atom is 0.00367 e. The number of fused-ring (bicyclic) bond motifs is 2. The van der Waals surface area contributed by atoms with Gasteiger partial charge in [-0.15, -0.1) is 0 Å². The van der Waals surface area contributed by atoms with Crippen LogP contribution in [-0.2, 0) is 0 Å². The first kappa shape index (κ1) is 7.85. The molecule has 2 atom stereocenters. The fourth-order valence-corrected chi connectivity index (χ4v) is 3.54. The maximum atomic E-state index is 3.55. The number of halogens is 1. The van der Waals surface area contributed by atoms with E-state index >= 15 is 0 Å². The third-order valence-electron chi connectivity index (χ3n) is 3.48. The summed E-state index contributed by atoms with van der Waals surface area (Å²) in [6.45, 7) is 2.46. The molecule has 0 radical (unpaired) electrons. The second-order valence-corrected chi connectivity index (χ2v) is 5.06. The lowest BCUT2D eigenvalue weighted by Gasteiger charge is -2.31. The molecule has 11 heavy (non-hydrogen) atoms. The Labute approximate surface area is 77.2 Å². The Hall–Kier alpha value is 0.220. The van der Waals surface area contributed by atoms with Crippen LogP contribution in [0.5, 0.6) is 0 Å². The van der Waals surface area contributed by atoms with Gasteiger partial charge in [-0.05, 0) is 37.0 Å². The van der Waals surface area contributed by atoms with Crippen LogP contribution >= 0.6 is 15.9 Å². The summed E-state index contributed by atoms with van der Waals surface area (Å²) >= 11 is 3.55. The van der Waals surface area contributed by atoms with E-state index in [-0.39, 0.29) is 0 Å². The summed E-state index contributed by atoms with van der Waals surface area (Å²) in [4.78, 5) is 0. The van der Waals surface area contributed by atoms with Crippen molar-refractivity contribution in [1.29, 1.82) is 0 Å². The Balaban J connectivity index is 2.11. The van der Waals surface area contributed by atoms with Gasteiger partial charge in [-0.25, -0.2) is 0 Å². The normalized spacial score (nSPS) is 41.3. The summed E-state index contributed by atoms with van der Waals surface area (Å²) in [5.74, 6) is 0.982. The molecule has 0 aromatic carbocycles. The lowest BCUT2D eigenvalue weighted by molar-refractivity contribution is 0.221. The van der Waals surface area contributed by atoms with Crippen molar-refractivity contribution < 1.29 is 0 Å². The Morgan fingerprint density at radius 1 is 1.73 bits per heavy atom. The van der Waals surface area contributed by atoms with Gasteiger partial charge >= 0.3 is 0 Å². The van der Waals surface area contributed by atoms with E-state index in [0.29, 0.717) is 5.41 Å². The second kappa shape index (κ2) is 2.62. The first-order chi connectivity index (χ1) is 5.24. The zero-order valence-electron chi connectivity index (χ0n) is 7.07. The van der Waals surface area contributed by atoms with Gasteiger partial charge in [-0.2, -0.15) is 0 Å². The van der Waals surface area contributed by atoms with Gasteiger partial charge in [0.25, 0.3) is 0 Å². The van der Waals surface area contributed by atoms with E-state index in [2.05, 4.69) is 28.9 Å². The highest BCUT2D eigenvalue weighted by Crippen LogP contribution is 2.54. The fourth-order valence-electron chi connectivity index (χ4n) is 2.64. The molecule has 2 unspecified atom stereocenters. The molecule has 0 spiro atoms. The van der Waals surface area contributed by atoms with Crippen LogP contribution in [0.15, 0.2) is 11.6 Å². The number of hydrogen-bond acceptors (Lipinski definition) is 0. The zero-order chi connectivity index (χ0) is 7.90. The van der Waals surface area contributed by atoms with Crippen molar-refractivity contribution in [3.8, 4) is 0 Å². The first-order valence-corrected chi connectivity index (χ1v) is 5.61. The van der Waals surface area contributed by atoms with E-state index in [1.807, 2.05) is 0 Å². The molecule has 0 N–H and O–H groups in total. The van der Waals surface area contributed by atoms with Crippen molar-refractivity contribution in [2.45, 2.75) is 32.6 Å². The molecule has 0 nitrogen and oxygen atoms in total. The molecule has 1 fully saturated rings. The molecule has 0 saturated heterocycles. The van der Waals surface area contributed by atoms with Crippen LogP contribution in [0, 0.1) is 11.3 Å². The van der Waals surface area contributed by atoms with Crippen molar-refractivity contribution >= 4 is 15.9 Å². The topological polar surface area (TPSA) is 0 Å². The van der Waals surface area contributed by atoms with Gasteiger partial charge in [0, 0.05) is 5.33 Å². The first-order valence-electron chi connectivity index (χ1n) is 4.48. The van der Waals surface area contributed by atoms with Gasteiger partial charge in [0.05, 0.1) is 0 Å². The Bertz CT molecular complexity index is 195. The van der Waals surface area contributed by atoms with Gasteiger partial charge in [-0.1, -0.05) is 34.5 Å². The van der Waals surface area contributed by atoms with E-state index in [4.69, 9.17) is 0 Å². The smallest absolute Gasteiger partial charge is 0.00367 e. The number of alkyl halides is 1. The molecule has 2 bridgehead atoms. The summed E-state index contributed by atoms with van der Waals surface area (Å²) in [5.41, 5.74) is 2.38. The lowest BCUT2D eigenvalue weighted by Crippen LogP contribution is -2.22. The highest BCUT2D eigenvalue weighted by Gasteiger charge is 2.42. The quantitative estimate of drug-likeness (QED) is 0.488. The van der Waals surface area contributed by atoms with Gasteiger partial charge in [0.2, 0.25) is 0 Å². The predicted molar refractivity (Wildman–Crippen MR) is 51.9 cm³/mol. The van der Waals surface area contributed by atoms with Crippen LogP contribution in [0.25, 0.3) is 0 Å².